The molecule has 2 aliphatic rings. The predicted octanol–water partition coefficient (Wildman–Crippen LogP) is 3.71. The van der Waals surface area contributed by atoms with Crippen LogP contribution in [0.2, 0.25) is 0 Å². The first kappa shape index (κ1) is 16.5. The maximum atomic E-state index is 12.5. The van der Waals surface area contributed by atoms with Gasteiger partial charge in [0.1, 0.15) is 0 Å². The van der Waals surface area contributed by atoms with Crippen LogP contribution in [0, 0.1) is 25.7 Å². The number of piperidine rings is 1. The Morgan fingerprint density at radius 1 is 1.09 bits per heavy atom. The highest BCUT2D eigenvalue weighted by atomic mass is 16.2. The third-order valence-corrected chi connectivity index (χ3v) is 5.69. The van der Waals surface area contributed by atoms with E-state index in [0.29, 0.717) is 17.7 Å². The lowest BCUT2D eigenvalue weighted by molar-refractivity contribution is -0.133. The molecule has 1 saturated carbocycles. The summed E-state index contributed by atoms with van der Waals surface area (Å²) in [6, 6.07) is 2.14. The number of nitrogens with zero attached hydrogens (tertiary/aromatic N) is 3. The molecule has 2 heterocycles. The Labute approximate surface area is 140 Å². The summed E-state index contributed by atoms with van der Waals surface area (Å²) in [7, 11) is 0. The largest absolute Gasteiger partial charge is 0.343 e. The number of aromatic nitrogens is 2. The van der Waals surface area contributed by atoms with Crippen molar-refractivity contribution < 1.29 is 4.79 Å². The first-order valence-corrected chi connectivity index (χ1v) is 9.40. The van der Waals surface area contributed by atoms with Gasteiger partial charge in [-0.05, 0) is 57.4 Å². The first-order valence-electron chi connectivity index (χ1n) is 9.40. The molecule has 0 unspecified atom stereocenters. The second-order valence-corrected chi connectivity index (χ2v) is 7.64. The van der Waals surface area contributed by atoms with Gasteiger partial charge in [-0.25, -0.2) is 0 Å². The maximum absolute atomic E-state index is 12.5. The van der Waals surface area contributed by atoms with Crippen LogP contribution in [0.1, 0.15) is 62.8 Å². The second-order valence-electron chi connectivity index (χ2n) is 7.64. The SMILES string of the molecule is Cc1cc(C)n(CC2CCN(C(=O)CC3CCCCC3)CC2)n1. The van der Waals surface area contributed by atoms with E-state index < -0.39 is 0 Å². The Balaban J connectivity index is 1.44. The average molecular weight is 317 g/mol. The molecule has 0 spiro atoms. The van der Waals surface area contributed by atoms with Crippen molar-refractivity contribution in [3.05, 3.63) is 17.5 Å². The lowest BCUT2D eigenvalue weighted by Gasteiger charge is -2.33. The molecule has 1 aromatic rings. The Morgan fingerprint density at radius 2 is 1.78 bits per heavy atom. The Hall–Kier alpha value is -1.32. The molecule has 0 atom stereocenters. The molecule has 128 valence electrons. The summed E-state index contributed by atoms with van der Waals surface area (Å²) in [6.07, 6.45) is 9.57. The molecular formula is C19H31N3O. The van der Waals surface area contributed by atoms with Gasteiger partial charge in [0.25, 0.3) is 0 Å². The highest BCUT2D eigenvalue weighted by molar-refractivity contribution is 5.76. The van der Waals surface area contributed by atoms with Gasteiger partial charge < -0.3 is 4.90 Å². The van der Waals surface area contributed by atoms with Crippen LogP contribution in [0.25, 0.3) is 0 Å². The van der Waals surface area contributed by atoms with E-state index in [9.17, 15) is 4.79 Å². The van der Waals surface area contributed by atoms with E-state index in [1.807, 2.05) is 0 Å². The van der Waals surface area contributed by atoms with Gasteiger partial charge in [-0.3, -0.25) is 9.48 Å². The van der Waals surface area contributed by atoms with Crippen LogP contribution in [0.5, 0.6) is 0 Å². The van der Waals surface area contributed by atoms with Crippen LogP contribution >= 0.6 is 0 Å². The predicted molar refractivity (Wildman–Crippen MR) is 92.2 cm³/mol. The molecule has 0 bridgehead atoms. The molecule has 2 fully saturated rings. The highest BCUT2D eigenvalue weighted by Crippen LogP contribution is 2.28. The van der Waals surface area contributed by atoms with Crippen LogP contribution in [0.3, 0.4) is 0 Å². The highest BCUT2D eigenvalue weighted by Gasteiger charge is 2.26. The number of carbonyl (C=O) groups is 1. The van der Waals surface area contributed by atoms with Gasteiger partial charge in [-0.1, -0.05) is 19.3 Å². The Morgan fingerprint density at radius 3 is 2.39 bits per heavy atom. The summed E-state index contributed by atoms with van der Waals surface area (Å²) >= 11 is 0. The monoisotopic (exact) mass is 317 g/mol. The minimum Gasteiger partial charge on any atom is -0.343 e. The average Bonchev–Trinajstić information content (AvgIpc) is 2.86. The number of rotatable bonds is 4. The quantitative estimate of drug-likeness (QED) is 0.849. The molecule has 23 heavy (non-hydrogen) atoms. The van der Waals surface area contributed by atoms with Gasteiger partial charge in [0.05, 0.1) is 5.69 Å². The van der Waals surface area contributed by atoms with E-state index >= 15 is 0 Å². The van der Waals surface area contributed by atoms with Crippen molar-refractivity contribution in [2.75, 3.05) is 13.1 Å². The zero-order chi connectivity index (χ0) is 16.2. The van der Waals surface area contributed by atoms with E-state index in [1.54, 1.807) is 0 Å². The topological polar surface area (TPSA) is 38.1 Å². The second kappa shape index (κ2) is 7.50. The molecule has 0 radical (unpaired) electrons. The van der Waals surface area contributed by atoms with E-state index in [0.717, 1.165) is 44.6 Å². The van der Waals surface area contributed by atoms with Gasteiger partial charge in [0.2, 0.25) is 5.91 Å². The zero-order valence-corrected chi connectivity index (χ0v) is 14.8. The molecule has 4 heteroatoms. The minimum absolute atomic E-state index is 0.404. The third-order valence-electron chi connectivity index (χ3n) is 5.69. The number of aryl methyl sites for hydroxylation is 2. The Bertz CT molecular complexity index is 523. The fourth-order valence-corrected chi connectivity index (χ4v) is 4.24. The number of likely N-dealkylation sites (tertiary alicyclic amines) is 1. The smallest absolute Gasteiger partial charge is 0.222 e. The van der Waals surface area contributed by atoms with Crippen molar-refractivity contribution in [3.8, 4) is 0 Å². The molecule has 3 rings (SSSR count). The fourth-order valence-electron chi connectivity index (χ4n) is 4.24. The number of hydrogen-bond acceptors (Lipinski definition) is 2. The van der Waals surface area contributed by atoms with Gasteiger partial charge in [0.15, 0.2) is 0 Å². The third kappa shape index (κ3) is 4.36. The van der Waals surface area contributed by atoms with Gasteiger partial charge in [0, 0.05) is 31.7 Å². The molecule has 1 aromatic heterocycles. The van der Waals surface area contributed by atoms with E-state index in [1.165, 1.54) is 37.8 Å². The summed E-state index contributed by atoms with van der Waals surface area (Å²) < 4.78 is 2.14. The van der Waals surface area contributed by atoms with Crippen LogP contribution < -0.4 is 0 Å². The number of carbonyl (C=O) groups excluding carboxylic acids is 1. The van der Waals surface area contributed by atoms with Gasteiger partial charge >= 0.3 is 0 Å². The molecule has 0 N–H and O–H groups in total. The van der Waals surface area contributed by atoms with E-state index in [2.05, 4.69) is 34.6 Å². The molecule has 1 amide bonds. The molecule has 1 saturated heterocycles. The molecule has 1 aliphatic carbocycles. The normalized spacial score (nSPS) is 20.9. The lowest BCUT2D eigenvalue weighted by atomic mass is 9.86. The molecule has 1 aliphatic heterocycles. The van der Waals surface area contributed by atoms with Crippen LogP contribution in [-0.2, 0) is 11.3 Å². The molecule has 0 aromatic carbocycles. The van der Waals surface area contributed by atoms with E-state index in [-0.39, 0.29) is 0 Å². The molecule has 4 nitrogen and oxygen atoms in total. The van der Waals surface area contributed by atoms with Crippen LogP contribution in [0.4, 0.5) is 0 Å². The van der Waals surface area contributed by atoms with Gasteiger partial charge in [-0.15, -0.1) is 0 Å². The summed E-state index contributed by atoms with van der Waals surface area (Å²) in [5.74, 6) is 1.72. The van der Waals surface area contributed by atoms with Crippen molar-refractivity contribution in [2.24, 2.45) is 11.8 Å². The summed E-state index contributed by atoms with van der Waals surface area (Å²) in [5, 5.41) is 4.57. The summed E-state index contributed by atoms with van der Waals surface area (Å²) in [4.78, 5) is 14.6. The molecular weight excluding hydrogens is 286 g/mol. The maximum Gasteiger partial charge on any atom is 0.222 e. The Kier molecular flexibility index (Phi) is 5.39. The summed E-state index contributed by atoms with van der Waals surface area (Å²) in [5.41, 5.74) is 2.35. The number of hydrogen-bond donors (Lipinski definition) is 0. The van der Waals surface area contributed by atoms with Crippen molar-refractivity contribution in [1.82, 2.24) is 14.7 Å². The lowest BCUT2D eigenvalue weighted by Crippen LogP contribution is -2.40. The first-order chi connectivity index (χ1) is 11.1. The minimum atomic E-state index is 0.404. The van der Waals surface area contributed by atoms with Crippen molar-refractivity contribution in [2.45, 2.75) is 71.8 Å². The van der Waals surface area contributed by atoms with Crippen LogP contribution in [-0.4, -0.2) is 33.7 Å². The fraction of sp³-hybridized carbons (Fsp3) is 0.789. The standard InChI is InChI=1S/C19H31N3O/c1-15-12-16(2)22(20-15)14-18-8-10-21(11-9-18)19(23)13-17-6-4-3-5-7-17/h12,17-18H,3-11,13-14H2,1-2H3. The zero-order valence-electron chi connectivity index (χ0n) is 14.8. The van der Waals surface area contributed by atoms with E-state index in [4.69, 9.17) is 0 Å². The van der Waals surface area contributed by atoms with Crippen LogP contribution in [0.15, 0.2) is 6.07 Å². The van der Waals surface area contributed by atoms with Crippen molar-refractivity contribution >= 4 is 5.91 Å². The number of amides is 1. The van der Waals surface area contributed by atoms with Crippen molar-refractivity contribution in [3.63, 3.8) is 0 Å². The summed E-state index contributed by atoms with van der Waals surface area (Å²) in [6.45, 7) is 7.06. The van der Waals surface area contributed by atoms with Crippen molar-refractivity contribution in [1.29, 1.82) is 0 Å². The van der Waals surface area contributed by atoms with Gasteiger partial charge in [-0.2, -0.15) is 5.10 Å².